The first-order valence-electron chi connectivity index (χ1n) is 8.06. The Morgan fingerprint density at radius 1 is 1.35 bits per heavy atom. The number of carbonyl (C=O) groups excluding carboxylic acids is 2. The van der Waals surface area contributed by atoms with Gasteiger partial charge in [-0.05, 0) is 48.6 Å². The van der Waals surface area contributed by atoms with Crippen molar-refractivity contribution >= 4 is 34.8 Å². The van der Waals surface area contributed by atoms with Gasteiger partial charge in [-0.3, -0.25) is 9.59 Å². The van der Waals surface area contributed by atoms with Crippen molar-refractivity contribution in [2.75, 3.05) is 19.1 Å². The summed E-state index contributed by atoms with van der Waals surface area (Å²) in [6.45, 7) is 0.298. The Kier molecular flexibility index (Phi) is 5.22. The molecule has 1 N–H and O–H groups in total. The van der Waals surface area contributed by atoms with Crippen LogP contribution in [0.3, 0.4) is 0 Å². The molecule has 0 saturated carbocycles. The van der Waals surface area contributed by atoms with Crippen LogP contribution in [0.1, 0.15) is 12.2 Å². The Bertz CT molecular complexity index is 804. The molecule has 0 unspecified atom stereocenters. The van der Waals surface area contributed by atoms with Crippen molar-refractivity contribution in [2.45, 2.75) is 19.0 Å². The van der Waals surface area contributed by atoms with Gasteiger partial charge >= 0.3 is 0 Å². The first-order valence-corrected chi connectivity index (χ1v) is 8.47. The van der Waals surface area contributed by atoms with Crippen LogP contribution in [-0.2, 0) is 16.1 Å². The molecule has 2 aromatic rings. The molecule has 1 atom stereocenters. The van der Waals surface area contributed by atoms with E-state index in [2.05, 4.69) is 5.32 Å². The van der Waals surface area contributed by atoms with Crippen molar-refractivity contribution in [1.82, 2.24) is 10.2 Å². The lowest BCUT2D eigenvalue weighted by Crippen LogP contribution is -2.48. The van der Waals surface area contributed by atoms with Gasteiger partial charge in [0.15, 0.2) is 5.11 Å². The molecule has 2 heterocycles. The van der Waals surface area contributed by atoms with Gasteiger partial charge in [0.05, 0.1) is 32.0 Å². The summed E-state index contributed by atoms with van der Waals surface area (Å²) >= 11 is 5.34. The van der Waals surface area contributed by atoms with Gasteiger partial charge in [0.1, 0.15) is 17.6 Å². The summed E-state index contributed by atoms with van der Waals surface area (Å²) < 4.78 is 10.5. The number of ether oxygens (including phenoxy) is 1. The molecule has 0 radical (unpaired) electrons. The summed E-state index contributed by atoms with van der Waals surface area (Å²) in [6, 6.07) is 9.67. The fraction of sp³-hybridized carbons (Fsp3) is 0.278. The lowest BCUT2D eigenvalue weighted by molar-refractivity contribution is -0.122. The van der Waals surface area contributed by atoms with E-state index in [1.54, 1.807) is 61.7 Å². The summed E-state index contributed by atoms with van der Waals surface area (Å²) in [5, 5.41) is 3.26. The molecule has 1 aromatic carbocycles. The first kappa shape index (κ1) is 17.9. The molecule has 0 bridgehead atoms. The summed E-state index contributed by atoms with van der Waals surface area (Å²) in [6.07, 6.45) is 1.61. The number of nitrogens with zero attached hydrogens (tertiary/aromatic N) is 2. The van der Waals surface area contributed by atoms with Crippen molar-refractivity contribution in [2.24, 2.45) is 0 Å². The second-order valence-electron chi connectivity index (χ2n) is 5.75. The van der Waals surface area contributed by atoms with E-state index in [1.165, 1.54) is 4.90 Å². The van der Waals surface area contributed by atoms with Crippen LogP contribution in [0.25, 0.3) is 0 Å². The van der Waals surface area contributed by atoms with Crippen LogP contribution in [0.2, 0.25) is 0 Å². The minimum atomic E-state index is -0.686. The largest absolute Gasteiger partial charge is 0.497 e. The Hall–Kier alpha value is -2.87. The number of anilines is 1. The van der Waals surface area contributed by atoms with Crippen LogP contribution in [0, 0.1) is 0 Å². The number of hydrogen-bond donors (Lipinski definition) is 1. The number of thiocarbonyl (C=S) groups is 1. The van der Waals surface area contributed by atoms with Gasteiger partial charge < -0.3 is 19.4 Å². The van der Waals surface area contributed by atoms with Crippen molar-refractivity contribution in [3.05, 3.63) is 48.4 Å². The summed E-state index contributed by atoms with van der Waals surface area (Å²) in [4.78, 5) is 28.4. The molecule has 1 fully saturated rings. The first-order chi connectivity index (χ1) is 12.5. The van der Waals surface area contributed by atoms with Gasteiger partial charge in [0.2, 0.25) is 5.91 Å². The zero-order chi connectivity index (χ0) is 18.7. The van der Waals surface area contributed by atoms with Gasteiger partial charge in [-0.25, -0.2) is 4.90 Å². The highest BCUT2D eigenvalue weighted by Crippen LogP contribution is 2.28. The SMILES string of the molecule is CNC(=S)N(Cc1ccco1)[C@H]1CC(=O)N(c2ccc(OC)cc2)C1=O. The smallest absolute Gasteiger partial charge is 0.257 e. The van der Waals surface area contributed by atoms with Crippen LogP contribution in [0.15, 0.2) is 47.1 Å². The maximum atomic E-state index is 13.0. The van der Waals surface area contributed by atoms with Gasteiger partial charge in [0, 0.05) is 7.05 Å². The Morgan fingerprint density at radius 3 is 2.65 bits per heavy atom. The zero-order valence-electron chi connectivity index (χ0n) is 14.5. The Morgan fingerprint density at radius 2 is 2.08 bits per heavy atom. The van der Waals surface area contributed by atoms with E-state index < -0.39 is 6.04 Å². The van der Waals surface area contributed by atoms with E-state index in [-0.39, 0.29) is 18.2 Å². The average Bonchev–Trinajstić information content (AvgIpc) is 3.27. The lowest BCUT2D eigenvalue weighted by atomic mass is 10.2. The van der Waals surface area contributed by atoms with Crippen LogP contribution in [-0.4, -0.2) is 42.0 Å². The molecule has 136 valence electrons. The van der Waals surface area contributed by atoms with E-state index in [9.17, 15) is 9.59 Å². The number of nitrogens with one attached hydrogen (secondary N) is 1. The highest BCUT2D eigenvalue weighted by Gasteiger charge is 2.43. The molecule has 2 amide bonds. The van der Waals surface area contributed by atoms with Crippen LogP contribution < -0.4 is 15.0 Å². The Balaban J connectivity index is 1.85. The molecule has 7 nitrogen and oxygen atoms in total. The minimum Gasteiger partial charge on any atom is -0.497 e. The molecule has 3 rings (SSSR count). The van der Waals surface area contributed by atoms with Gasteiger partial charge in [-0.1, -0.05) is 0 Å². The molecular formula is C18H19N3O4S. The van der Waals surface area contributed by atoms with Crippen molar-refractivity contribution in [3.63, 3.8) is 0 Å². The average molecular weight is 373 g/mol. The summed E-state index contributed by atoms with van der Waals surface area (Å²) in [5.41, 5.74) is 0.511. The van der Waals surface area contributed by atoms with Crippen molar-refractivity contribution < 1.29 is 18.7 Å². The van der Waals surface area contributed by atoms with Gasteiger partial charge in [-0.2, -0.15) is 0 Å². The minimum absolute atomic E-state index is 0.0490. The van der Waals surface area contributed by atoms with Crippen LogP contribution in [0.4, 0.5) is 5.69 Å². The quantitative estimate of drug-likeness (QED) is 0.634. The highest BCUT2D eigenvalue weighted by molar-refractivity contribution is 7.80. The van der Waals surface area contributed by atoms with E-state index in [4.69, 9.17) is 21.4 Å². The molecule has 1 aromatic heterocycles. The lowest BCUT2D eigenvalue weighted by Gasteiger charge is -2.28. The fourth-order valence-corrected chi connectivity index (χ4v) is 3.09. The molecule has 1 aliphatic heterocycles. The highest BCUT2D eigenvalue weighted by atomic mass is 32.1. The second kappa shape index (κ2) is 7.57. The number of rotatable bonds is 5. The third-order valence-corrected chi connectivity index (χ3v) is 4.65. The monoisotopic (exact) mass is 373 g/mol. The molecule has 26 heavy (non-hydrogen) atoms. The number of benzene rings is 1. The van der Waals surface area contributed by atoms with E-state index in [0.717, 1.165) is 0 Å². The molecule has 1 saturated heterocycles. The van der Waals surface area contributed by atoms with E-state index in [0.29, 0.717) is 28.9 Å². The fourth-order valence-electron chi connectivity index (χ4n) is 2.90. The predicted molar refractivity (Wildman–Crippen MR) is 99.8 cm³/mol. The number of methoxy groups -OCH3 is 1. The van der Waals surface area contributed by atoms with Gasteiger partial charge in [0.25, 0.3) is 5.91 Å². The number of imide groups is 1. The summed E-state index contributed by atoms with van der Waals surface area (Å²) in [5.74, 6) is 0.726. The predicted octanol–water partition coefficient (Wildman–Crippen LogP) is 1.93. The molecular weight excluding hydrogens is 354 g/mol. The van der Waals surface area contributed by atoms with Crippen molar-refractivity contribution in [3.8, 4) is 5.75 Å². The maximum Gasteiger partial charge on any atom is 0.257 e. The van der Waals surface area contributed by atoms with Gasteiger partial charge in [-0.15, -0.1) is 0 Å². The zero-order valence-corrected chi connectivity index (χ0v) is 15.3. The molecule has 0 spiro atoms. The van der Waals surface area contributed by atoms with E-state index in [1.807, 2.05) is 0 Å². The Labute approximate surface area is 156 Å². The number of furan rings is 1. The normalized spacial score (nSPS) is 16.7. The van der Waals surface area contributed by atoms with Crippen LogP contribution in [0.5, 0.6) is 5.75 Å². The third kappa shape index (κ3) is 3.41. The summed E-state index contributed by atoms with van der Waals surface area (Å²) in [7, 11) is 3.24. The standard InChI is InChI=1S/C18H19N3O4S/c1-19-18(26)20(11-14-4-3-9-25-14)15-10-16(22)21(17(15)23)12-5-7-13(24-2)8-6-12/h3-9,15H,10-11H2,1-2H3,(H,19,26)/t15-/m0/s1. The maximum absolute atomic E-state index is 13.0. The number of amides is 2. The molecule has 1 aliphatic rings. The van der Waals surface area contributed by atoms with E-state index >= 15 is 0 Å². The number of hydrogen-bond acceptors (Lipinski definition) is 5. The topological polar surface area (TPSA) is 75.0 Å². The third-order valence-electron chi connectivity index (χ3n) is 4.21. The molecule has 8 heteroatoms. The molecule has 0 aliphatic carbocycles. The van der Waals surface area contributed by atoms with Crippen LogP contribution >= 0.6 is 12.2 Å². The number of carbonyl (C=O) groups is 2. The van der Waals surface area contributed by atoms with Crippen molar-refractivity contribution in [1.29, 1.82) is 0 Å². The second-order valence-corrected chi connectivity index (χ2v) is 6.13.